The normalized spacial score (nSPS) is 12.9. The fourth-order valence-corrected chi connectivity index (χ4v) is 2.72. The molecule has 0 radical (unpaired) electrons. The summed E-state index contributed by atoms with van der Waals surface area (Å²) in [5, 5.41) is 0. The number of carbonyl (C=O) groups is 1. The van der Waals surface area contributed by atoms with Gasteiger partial charge in [0.05, 0.1) is 19.1 Å². The van der Waals surface area contributed by atoms with Gasteiger partial charge in [-0.2, -0.15) is 0 Å². The van der Waals surface area contributed by atoms with Crippen molar-refractivity contribution in [2.75, 3.05) is 17.7 Å². The highest BCUT2D eigenvalue weighted by Gasteiger charge is 2.29. The standard InChI is InChI=1S/C11H14FNO4S/c1-8(11(14)17-2)13(18(3,15)16)10-6-4-9(12)5-7-10/h4-8H,1-3H3/t8-/m0/s1. The Labute approximate surface area is 105 Å². The molecule has 0 fully saturated rings. The maximum absolute atomic E-state index is 12.8. The van der Waals surface area contributed by atoms with Crippen molar-refractivity contribution in [3.63, 3.8) is 0 Å². The van der Waals surface area contributed by atoms with Crippen LogP contribution >= 0.6 is 0 Å². The van der Waals surface area contributed by atoms with Crippen molar-refractivity contribution >= 4 is 21.7 Å². The van der Waals surface area contributed by atoms with E-state index in [0.29, 0.717) is 0 Å². The average molecular weight is 275 g/mol. The molecule has 0 heterocycles. The summed E-state index contributed by atoms with van der Waals surface area (Å²) in [4.78, 5) is 11.4. The number of anilines is 1. The number of sulfonamides is 1. The van der Waals surface area contributed by atoms with Crippen molar-refractivity contribution in [1.82, 2.24) is 0 Å². The molecule has 0 amide bonds. The van der Waals surface area contributed by atoms with E-state index in [2.05, 4.69) is 4.74 Å². The van der Waals surface area contributed by atoms with Crippen molar-refractivity contribution in [2.24, 2.45) is 0 Å². The third kappa shape index (κ3) is 3.19. The highest BCUT2D eigenvalue weighted by atomic mass is 32.2. The largest absolute Gasteiger partial charge is 0.467 e. The topological polar surface area (TPSA) is 63.7 Å². The summed E-state index contributed by atoms with van der Waals surface area (Å²) >= 11 is 0. The van der Waals surface area contributed by atoms with Crippen LogP contribution in [0.3, 0.4) is 0 Å². The quantitative estimate of drug-likeness (QED) is 0.773. The van der Waals surface area contributed by atoms with Gasteiger partial charge in [0.2, 0.25) is 10.0 Å². The Morgan fingerprint density at radius 3 is 2.22 bits per heavy atom. The molecule has 0 saturated carbocycles. The Hall–Kier alpha value is -1.63. The smallest absolute Gasteiger partial charge is 0.329 e. The molecular weight excluding hydrogens is 261 g/mol. The van der Waals surface area contributed by atoms with Gasteiger partial charge in [-0.3, -0.25) is 4.31 Å². The summed E-state index contributed by atoms with van der Waals surface area (Å²) in [5.41, 5.74) is 0.205. The van der Waals surface area contributed by atoms with E-state index in [0.717, 1.165) is 22.7 Å². The lowest BCUT2D eigenvalue weighted by Gasteiger charge is -2.27. The van der Waals surface area contributed by atoms with Crippen molar-refractivity contribution in [1.29, 1.82) is 0 Å². The molecule has 0 aliphatic carbocycles. The van der Waals surface area contributed by atoms with Gasteiger partial charge in [-0.05, 0) is 31.2 Å². The van der Waals surface area contributed by atoms with Crippen LogP contribution in [0.5, 0.6) is 0 Å². The number of nitrogens with zero attached hydrogens (tertiary/aromatic N) is 1. The van der Waals surface area contributed by atoms with Gasteiger partial charge in [-0.25, -0.2) is 17.6 Å². The molecule has 5 nitrogen and oxygen atoms in total. The predicted octanol–water partition coefficient (Wildman–Crippen LogP) is 1.15. The second-order valence-corrected chi connectivity index (χ2v) is 5.59. The number of rotatable bonds is 4. The average Bonchev–Trinajstić information content (AvgIpc) is 2.29. The molecule has 0 spiro atoms. The Morgan fingerprint density at radius 1 is 1.33 bits per heavy atom. The van der Waals surface area contributed by atoms with Gasteiger partial charge >= 0.3 is 5.97 Å². The van der Waals surface area contributed by atoms with Crippen LogP contribution in [0.1, 0.15) is 6.92 Å². The Bertz CT molecular complexity index is 526. The zero-order chi connectivity index (χ0) is 13.9. The molecule has 1 aromatic carbocycles. The lowest BCUT2D eigenvalue weighted by Crippen LogP contribution is -2.43. The second-order valence-electron chi connectivity index (χ2n) is 3.73. The fraction of sp³-hybridized carbons (Fsp3) is 0.364. The summed E-state index contributed by atoms with van der Waals surface area (Å²) in [6, 6.07) is 3.80. The monoisotopic (exact) mass is 275 g/mol. The lowest BCUT2D eigenvalue weighted by molar-refractivity contribution is -0.141. The van der Waals surface area contributed by atoms with Crippen molar-refractivity contribution < 1.29 is 22.3 Å². The molecule has 100 valence electrons. The minimum absolute atomic E-state index is 0.205. The van der Waals surface area contributed by atoms with Gasteiger partial charge in [0.25, 0.3) is 0 Å². The third-order valence-electron chi connectivity index (χ3n) is 2.33. The maximum Gasteiger partial charge on any atom is 0.329 e. The zero-order valence-electron chi connectivity index (χ0n) is 10.3. The van der Waals surface area contributed by atoms with Crippen molar-refractivity contribution in [3.05, 3.63) is 30.1 Å². The van der Waals surface area contributed by atoms with Crippen LogP contribution in [0.25, 0.3) is 0 Å². The van der Waals surface area contributed by atoms with Gasteiger partial charge in [0, 0.05) is 0 Å². The molecule has 0 aromatic heterocycles. The molecule has 0 saturated heterocycles. The lowest BCUT2D eigenvalue weighted by atomic mass is 10.2. The van der Waals surface area contributed by atoms with Crippen LogP contribution in [-0.4, -0.2) is 33.8 Å². The van der Waals surface area contributed by atoms with Crippen molar-refractivity contribution in [3.8, 4) is 0 Å². The van der Waals surface area contributed by atoms with E-state index in [4.69, 9.17) is 0 Å². The molecule has 18 heavy (non-hydrogen) atoms. The Morgan fingerprint density at radius 2 is 1.83 bits per heavy atom. The molecular formula is C11H14FNO4S. The molecule has 0 bridgehead atoms. The van der Waals surface area contributed by atoms with Crippen molar-refractivity contribution in [2.45, 2.75) is 13.0 Å². The first-order chi connectivity index (χ1) is 8.27. The van der Waals surface area contributed by atoms with Gasteiger partial charge in [0.15, 0.2) is 0 Å². The van der Waals surface area contributed by atoms with E-state index in [1.165, 1.54) is 26.2 Å². The number of methoxy groups -OCH3 is 1. The first-order valence-electron chi connectivity index (χ1n) is 5.10. The number of hydrogen-bond acceptors (Lipinski definition) is 4. The van der Waals surface area contributed by atoms with Crippen LogP contribution in [0, 0.1) is 5.82 Å². The number of ether oxygens (including phenoxy) is 1. The van der Waals surface area contributed by atoms with E-state index in [-0.39, 0.29) is 5.69 Å². The molecule has 0 aliphatic rings. The number of carbonyl (C=O) groups excluding carboxylic acids is 1. The minimum atomic E-state index is -3.68. The Balaban J connectivity index is 3.23. The Kier molecular flexibility index (Phi) is 4.28. The SMILES string of the molecule is COC(=O)[C@H](C)N(c1ccc(F)cc1)S(C)(=O)=O. The van der Waals surface area contributed by atoms with Gasteiger partial charge in [-0.15, -0.1) is 0 Å². The number of halogens is 1. The predicted molar refractivity (Wildman–Crippen MR) is 65.2 cm³/mol. The summed E-state index contributed by atoms with van der Waals surface area (Å²) < 4.78 is 41.6. The van der Waals surface area contributed by atoms with Gasteiger partial charge in [0.1, 0.15) is 11.9 Å². The van der Waals surface area contributed by atoms with Crippen LogP contribution in [0.2, 0.25) is 0 Å². The molecule has 0 unspecified atom stereocenters. The molecule has 0 aliphatic heterocycles. The minimum Gasteiger partial charge on any atom is -0.467 e. The van der Waals surface area contributed by atoms with Crippen LogP contribution < -0.4 is 4.31 Å². The molecule has 0 N–H and O–H groups in total. The summed E-state index contributed by atoms with van der Waals surface area (Å²) in [6.07, 6.45) is 0.968. The first kappa shape index (κ1) is 14.4. The molecule has 1 rings (SSSR count). The van der Waals surface area contributed by atoms with E-state index in [1.54, 1.807) is 0 Å². The fourth-order valence-electron chi connectivity index (χ4n) is 1.56. The summed E-state index contributed by atoms with van der Waals surface area (Å²) in [6.45, 7) is 1.40. The molecule has 1 aromatic rings. The molecule has 1 atom stereocenters. The van der Waals surface area contributed by atoms with Crippen LogP contribution in [0.15, 0.2) is 24.3 Å². The summed E-state index contributed by atoms with van der Waals surface area (Å²) in [7, 11) is -2.50. The summed E-state index contributed by atoms with van der Waals surface area (Å²) in [5.74, 6) is -1.18. The second kappa shape index (κ2) is 5.34. The number of hydrogen-bond donors (Lipinski definition) is 0. The van der Waals surface area contributed by atoms with Gasteiger partial charge in [-0.1, -0.05) is 0 Å². The van der Waals surface area contributed by atoms with Gasteiger partial charge < -0.3 is 4.74 Å². The first-order valence-corrected chi connectivity index (χ1v) is 6.95. The zero-order valence-corrected chi connectivity index (χ0v) is 11.1. The third-order valence-corrected chi connectivity index (χ3v) is 3.57. The van der Waals surface area contributed by atoms with E-state index >= 15 is 0 Å². The number of esters is 1. The van der Waals surface area contributed by atoms with E-state index < -0.39 is 27.9 Å². The maximum atomic E-state index is 12.8. The number of benzene rings is 1. The van der Waals surface area contributed by atoms with E-state index in [9.17, 15) is 17.6 Å². The van der Waals surface area contributed by atoms with Crippen LogP contribution in [-0.2, 0) is 19.6 Å². The molecule has 7 heteroatoms. The van der Waals surface area contributed by atoms with E-state index in [1.807, 2.05) is 0 Å². The highest BCUT2D eigenvalue weighted by Crippen LogP contribution is 2.21. The highest BCUT2D eigenvalue weighted by molar-refractivity contribution is 7.92. The van der Waals surface area contributed by atoms with Crippen LogP contribution in [0.4, 0.5) is 10.1 Å².